The van der Waals surface area contributed by atoms with E-state index in [4.69, 9.17) is 9.47 Å². The number of carbonyl (C=O) groups excluding carboxylic acids is 1. The molecule has 0 spiro atoms. The maximum atomic E-state index is 11.2. The van der Waals surface area contributed by atoms with Crippen molar-refractivity contribution >= 4 is 12.2 Å². The summed E-state index contributed by atoms with van der Waals surface area (Å²) in [5.74, 6) is 0.471. The van der Waals surface area contributed by atoms with Gasteiger partial charge in [-0.1, -0.05) is 38.1 Å². The summed E-state index contributed by atoms with van der Waals surface area (Å²) in [5, 5.41) is 0. The molecule has 1 aromatic carbocycles. The number of carbonyl (C=O) groups is 1. The smallest absolute Gasteiger partial charge is 0.434 e. The molecule has 0 aromatic heterocycles. The summed E-state index contributed by atoms with van der Waals surface area (Å²) in [6.45, 7) is 6.07. The molecule has 0 radical (unpaired) electrons. The summed E-state index contributed by atoms with van der Waals surface area (Å²) in [4.78, 5) is 11.2. The third-order valence-corrected chi connectivity index (χ3v) is 2.01. The SMILES string of the molecule is C=Cc1cccc(OC(=O)OCCCC)c1. The maximum Gasteiger partial charge on any atom is 0.513 e. The quantitative estimate of drug-likeness (QED) is 0.431. The molecule has 16 heavy (non-hydrogen) atoms. The summed E-state index contributed by atoms with van der Waals surface area (Å²) in [6, 6.07) is 7.11. The Kier molecular flexibility index (Phi) is 5.12. The van der Waals surface area contributed by atoms with E-state index < -0.39 is 6.16 Å². The Hall–Kier alpha value is -1.77. The molecule has 86 valence electrons. The maximum absolute atomic E-state index is 11.2. The number of ether oxygens (including phenoxy) is 2. The molecule has 0 saturated heterocycles. The normalized spacial score (nSPS) is 9.56. The average molecular weight is 220 g/mol. The molecule has 1 aromatic rings. The van der Waals surface area contributed by atoms with Crippen LogP contribution in [-0.2, 0) is 4.74 Å². The second-order valence-corrected chi connectivity index (χ2v) is 3.33. The fraction of sp³-hybridized carbons (Fsp3) is 0.308. The number of benzene rings is 1. The lowest BCUT2D eigenvalue weighted by atomic mass is 10.2. The van der Waals surface area contributed by atoms with Crippen molar-refractivity contribution in [1.29, 1.82) is 0 Å². The van der Waals surface area contributed by atoms with Crippen LogP contribution in [-0.4, -0.2) is 12.8 Å². The molecule has 0 bridgehead atoms. The van der Waals surface area contributed by atoms with E-state index in [0.29, 0.717) is 12.4 Å². The molecule has 1 rings (SSSR count). The Morgan fingerprint density at radius 2 is 2.31 bits per heavy atom. The van der Waals surface area contributed by atoms with E-state index in [9.17, 15) is 4.79 Å². The third-order valence-electron chi connectivity index (χ3n) is 2.01. The van der Waals surface area contributed by atoms with Gasteiger partial charge in [0.2, 0.25) is 0 Å². The predicted octanol–water partition coefficient (Wildman–Crippen LogP) is 3.65. The Bertz CT molecular complexity index is 358. The van der Waals surface area contributed by atoms with Crippen molar-refractivity contribution in [2.75, 3.05) is 6.61 Å². The highest BCUT2D eigenvalue weighted by Gasteiger charge is 2.05. The molecule has 0 aliphatic carbocycles. The van der Waals surface area contributed by atoms with Crippen molar-refractivity contribution in [3.63, 3.8) is 0 Å². The number of hydrogen-bond donors (Lipinski definition) is 0. The zero-order valence-corrected chi connectivity index (χ0v) is 9.44. The van der Waals surface area contributed by atoms with Crippen LogP contribution in [0, 0.1) is 0 Å². The fourth-order valence-electron chi connectivity index (χ4n) is 1.13. The second-order valence-electron chi connectivity index (χ2n) is 3.33. The van der Waals surface area contributed by atoms with Crippen molar-refractivity contribution in [2.45, 2.75) is 19.8 Å². The molecule has 0 atom stereocenters. The number of unbranched alkanes of at least 4 members (excludes halogenated alkanes) is 1. The molecule has 0 amide bonds. The minimum absolute atomic E-state index is 0.399. The fourth-order valence-corrected chi connectivity index (χ4v) is 1.13. The van der Waals surface area contributed by atoms with Gasteiger partial charge in [0.25, 0.3) is 0 Å². The van der Waals surface area contributed by atoms with Crippen molar-refractivity contribution in [1.82, 2.24) is 0 Å². The van der Waals surface area contributed by atoms with Crippen LogP contribution in [0.3, 0.4) is 0 Å². The zero-order chi connectivity index (χ0) is 11.8. The van der Waals surface area contributed by atoms with E-state index in [1.807, 2.05) is 13.0 Å². The van der Waals surface area contributed by atoms with Gasteiger partial charge in [0.1, 0.15) is 5.75 Å². The first kappa shape index (κ1) is 12.3. The molecule has 0 heterocycles. The van der Waals surface area contributed by atoms with Gasteiger partial charge in [0, 0.05) is 0 Å². The van der Waals surface area contributed by atoms with E-state index >= 15 is 0 Å². The molecule has 0 N–H and O–H groups in total. The monoisotopic (exact) mass is 220 g/mol. The second kappa shape index (κ2) is 6.67. The van der Waals surface area contributed by atoms with Crippen LogP contribution in [0.25, 0.3) is 6.08 Å². The van der Waals surface area contributed by atoms with E-state index in [-0.39, 0.29) is 0 Å². The van der Waals surface area contributed by atoms with E-state index in [0.717, 1.165) is 18.4 Å². The third kappa shape index (κ3) is 4.17. The highest BCUT2D eigenvalue weighted by molar-refractivity contribution is 5.64. The van der Waals surface area contributed by atoms with Crippen LogP contribution >= 0.6 is 0 Å². The van der Waals surface area contributed by atoms with E-state index in [2.05, 4.69) is 6.58 Å². The number of hydrogen-bond acceptors (Lipinski definition) is 3. The molecule has 3 nitrogen and oxygen atoms in total. The molecule has 0 unspecified atom stereocenters. The summed E-state index contributed by atoms with van der Waals surface area (Å²) in [5.41, 5.74) is 0.902. The summed E-state index contributed by atoms with van der Waals surface area (Å²) >= 11 is 0. The Balaban J connectivity index is 2.46. The summed E-state index contributed by atoms with van der Waals surface area (Å²) in [6.07, 6.45) is 2.87. The highest BCUT2D eigenvalue weighted by atomic mass is 16.7. The van der Waals surface area contributed by atoms with Crippen LogP contribution in [0.2, 0.25) is 0 Å². The highest BCUT2D eigenvalue weighted by Crippen LogP contribution is 2.14. The molecular weight excluding hydrogens is 204 g/mol. The van der Waals surface area contributed by atoms with Crippen molar-refractivity contribution in [3.8, 4) is 5.75 Å². The van der Waals surface area contributed by atoms with Gasteiger partial charge >= 0.3 is 6.16 Å². The summed E-state index contributed by atoms with van der Waals surface area (Å²) in [7, 11) is 0. The first-order valence-electron chi connectivity index (χ1n) is 5.33. The van der Waals surface area contributed by atoms with Crippen molar-refractivity contribution < 1.29 is 14.3 Å². The first-order valence-corrected chi connectivity index (χ1v) is 5.33. The lowest BCUT2D eigenvalue weighted by Gasteiger charge is -2.05. The van der Waals surface area contributed by atoms with Gasteiger partial charge in [-0.2, -0.15) is 0 Å². The Morgan fingerprint density at radius 3 is 3.00 bits per heavy atom. The minimum atomic E-state index is -0.658. The van der Waals surface area contributed by atoms with E-state index in [1.165, 1.54) is 0 Å². The van der Waals surface area contributed by atoms with Crippen LogP contribution in [0.1, 0.15) is 25.3 Å². The minimum Gasteiger partial charge on any atom is -0.434 e. The lowest BCUT2D eigenvalue weighted by Crippen LogP contribution is -2.11. The molecule has 0 aliphatic rings. The zero-order valence-electron chi connectivity index (χ0n) is 9.44. The summed E-state index contributed by atoms with van der Waals surface area (Å²) < 4.78 is 9.87. The predicted molar refractivity (Wildman–Crippen MR) is 63.4 cm³/mol. The van der Waals surface area contributed by atoms with Gasteiger partial charge in [-0.3, -0.25) is 0 Å². The van der Waals surface area contributed by atoms with Crippen LogP contribution in [0.15, 0.2) is 30.8 Å². The molecular formula is C13H16O3. The van der Waals surface area contributed by atoms with Crippen molar-refractivity contribution in [2.24, 2.45) is 0 Å². The van der Waals surface area contributed by atoms with Crippen LogP contribution in [0.4, 0.5) is 4.79 Å². The average Bonchev–Trinajstić information content (AvgIpc) is 2.29. The van der Waals surface area contributed by atoms with Crippen LogP contribution < -0.4 is 4.74 Å². The molecule has 0 aliphatic heterocycles. The largest absolute Gasteiger partial charge is 0.513 e. The first-order chi connectivity index (χ1) is 7.76. The Morgan fingerprint density at radius 1 is 1.50 bits per heavy atom. The van der Waals surface area contributed by atoms with Gasteiger partial charge in [-0.15, -0.1) is 0 Å². The molecule has 3 heteroatoms. The van der Waals surface area contributed by atoms with Gasteiger partial charge in [0.15, 0.2) is 0 Å². The molecule has 0 saturated carbocycles. The van der Waals surface area contributed by atoms with Gasteiger partial charge in [0.05, 0.1) is 6.61 Å². The number of rotatable bonds is 5. The van der Waals surface area contributed by atoms with E-state index in [1.54, 1.807) is 24.3 Å². The van der Waals surface area contributed by atoms with Crippen LogP contribution in [0.5, 0.6) is 5.75 Å². The van der Waals surface area contributed by atoms with Gasteiger partial charge < -0.3 is 9.47 Å². The van der Waals surface area contributed by atoms with Crippen molar-refractivity contribution in [3.05, 3.63) is 36.4 Å². The topological polar surface area (TPSA) is 35.5 Å². The molecule has 0 fully saturated rings. The van der Waals surface area contributed by atoms with Gasteiger partial charge in [-0.25, -0.2) is 4.79 Å². The standard InChI is InChI=1S/C13H16O3/c1-3-5-9-15-13(14)16-12-8-6-7-11(4-2)10-12/h4,6-8,10H,2-3,5,9H2,1H3. The van der Waals surface area contributed by atoms with Gasteiger partial charge in [-0.05, 0) is 24.1 Å². The lowest BCUT2D eigenvalue weighted by molar-refractivity contribution is 0.0978. The Labute approximate surface area is 95.7 Å².